The topological polar surface area (TPSA) is 20.2 Å². The van der Waals surface area contributed by atoms with E-state index in [1.54, 1.807) is 6.92 Å². The maximum atomic E-state index is 9.42. The summed E-state index contributed by atoms with van der Waals surface area (Å²) in [6.07, 6.45) is -0.285. The van der Waals surface area contributed by atoms with Gasteiger partial charge in [-0.15, -0.1) is 5.92 Å². The lowest BCUT2D eigenvalue weighted by molar-refractivity contribution is 0.0946. The Morgan fingerprint density at radius 2 is 1.70 bits per heavy atom. The SMILES string of the molecule is CC#C[C@@H](C)[C@H](O)C(C)C. The van der Waals surface area contributed by atoms with Crippen LogP contribution in [0.15, 0.2) is 0 Å². The van der Waals surface area contributed by atoms with Crippen LogP contribution in [0.1, 0.15) is 27.7 Å². The van der Waals surface area contributed by atoms with E-state index >= 15 is 0 Å². The van der Waals surface area contributed by atoms with Crippen LogP contribution in [0.2, 0.25) is 0 Å². The molecule has 58 valence electrons. The van der Waals surface area contributed by atoms with Crippen LogP contribution in [0.25, 0.3) is 0 Å². The second-order valence-corrected chi connectivity index (χ2v) is 2.92. The molecule has 0 bridgehead atoms. The molecule has 0 amide bonds. The van der Waals surface area contributed by atoms with E-state index < -0.39 is 0 Å². The molecule has 0 fully saturated rings. The van der Waals surface area contributed by atoms with Crippen molar-refractivity contribution in [2.75, 3.05) is 0 Å². The highest BCUT2D eigenvalue weighted by Gasteiger charge is 2.14. The molecule has 0 saturated carbocycles. The molecule has 0 aliphatic heterocycles. The van der Waals surface area contributed by atoms with Gasteiger partial charge < -0.3 is 5.11 Å². The first-order valence-electron chi connectivity index (χ1n) is 3.70. The van der Waals surface area contributed by atoms with Crippen molar-refractivity contribution in [3.05, 3.63) is 0 Å². The summed E-state index contributed by atoms with van der Waals surface area (Å²) in [5, 5.41) is 9.42. The Bertz CT molecular complexity index is 139. The van der Waals surface area contributed by atoms with Gasteiger partial charge in [0.25, 0.3) is 0 Å². The second-order valence-electron chi connectivity index (χ2n) is 2.92. The molecule has 0 spiro atoms. The fourth-order valence-electron chi connectivity index (χ4n) is 0.890. The van der Waals surface area contributed by atoms with Gasteiger partial charge in [0.1, 0.15) is 0 Å². The van der Waals surface area contributed by atoms with Gasteiger partial charge in [-0.25, -0.2) is 0 Å². The summed E-state index contributed by atoms with van der Waals surface area (Å²) in [5.41, 5.74) is 0. The van der Waals surface area contributed by atoms with Gasteiger partial charge in [-0.3, -0.25) is 0 Å². The molecule has 2 atom stereocenters. The molecule has 1 nitrogen and oxygen atoms in total. The minimum Gasteiger partial charge on any atom is -0.392 e. The molecule has 0 saturated heterocycles. The third-order valence-corrected chi connectivity index (χ3v) is 1.57. The molecule has 0 unspecified atom stereocenters. The lowest BCUT2D eigenvalue weighted by atomic mass is 9.95. The van der Waals surface area contributed by atoms with Crippen LogP contribution in [-0.4, -0.2) is 11.2 Å². The van der Waals surface area contributed by atoms with Gasteiger partial charge in [0.05, 0.1) is 6.10 Å². The maximum Gasteiger partial charge on any atom is 0.0697 e. The quantitative estimate of drug-likeness (QED) is 0.578. The first-order chi connectivity index (χ1) is 4.59. The van der Waals surface area contributed by atoms with Crippen molar-refractivity contribution in [2.45, 2.75) is 33.8 Å². The van der Waals surface area contributed by atoms with Crippen LogP contribution >= 0.6 is 0 Å². The Kier molecular flexibility index (Phi) is 4.14. The van der Waals surface area contributed by atoms with Crippen LogP contribution < -0.4 is 0 Å². The number of hydrogen-bond acceptors (Lipinski definition) is 1. The Balaban J connectivity index is 3.89. The highest BCUT2D eigenvalue weighted by atomic mass is 16.3. The summed E-state index contributed by atoms with van der Waals surface area (Å²) >= 11 is 0. The fourth-order valence-corrected chi connectivity index (χ4v) is 0.890. The summed E-state index contributed by atoms with van der Waals surface area (Å²) in [6.45, 7) is 7.74. The Morgan fingerprint density at radius 1 is 1.20 bits per heavy atom. The van der Waals surface area contributed by atoms with Gasteiger partial charge in [0.2, 0.25) is 0 Å². The lowest BCUT2D eigenvalue weighted by Crippen LogP contribution is -2.22. The summed E-state index contributed by atoms with van der Waals surface area (Å²) in [7, 11) is 0. The lowest BCUT2D eigenvalue weighted by Gasteiger charge is -2.16. The first kappa shape index (κ1) is 9.52. The van der Waals surface area contributed by atoms with E-state index in [-0.39, 0.29) is 12.0 Å². The monoisotopic (exact) mass is 140 g/mol. The van der Waals surface area contributed by atoms with Gasteiger partial charge in [-0.2, -0.15) is 0 Å². The summed E-state index contributed by atoms with van der Waals surface area (Å²) < 4.78 is 0. The van der Waals surface area contributed by atoms with Crippen molar-refractivity contribution in [2.24, 2.45) is 11.8 Å². The van der Waals surface area contributed by atoms with Crippen molar-refractivity contribution < 1.29 is 5.11 Å². The van der Waals surface area contributed by atoms with Crippen LogP contribution in [0.3, 0.4) is 0 Å². The smallest absolute Gasteiger partial charge is 0.0697 e. The average Bonchev–Trinajstić information content (AvgIpc) is 1.87. The second kappa shape index (κ2) is 4.35. The van der Waals surface area contributed by atoms with Gasteiger partial charge in [-0.1, -0.05) is 19.8 Å². The summed E-state index contributed by atoms with van der Waals surface area (Å²) in [5.74, 6) is 6.12. The molecular formula is C9H16O. The van der Waals surface area contributed by atoms with Gasteiger partial charge in [-0.05, 0) is 19.8 Å². The Morgan fingerprint density at radius 3 is 2.00 bits per heavy atom. The van der Waals surface area contributed by atoms with E-state index in [9.17, 15) is 5.11 Å². The summed E-state index contributed by atoms with van der Waals surface area (Å²) in [6, 6.07) is 0. The molecular weight excluding hydrogens is 124 g/mol. The van der Waals surface area contributed by atoms with E-state index in [2.05, 4.69) is 11.8 Å². The molecule has 0 aromatic carbocycles. The maximum absolute atomic E-state index is 9.42. The first-order valence-corrected chi connectivity index (χ1v) is 3.70. The van der Waals surface area contributed by atoms with Crippen molar-refractivity contribution in [1.29, 1.82) is 0 Å². The molecule has 0 radical (unpaired) electrons. The standard InChI is InChI=1S/C9H16O/c1-5-6-8(4)9(10)7(2)3/h7-10H,1-4H3/t8-,9-/m1/s1. The third-order valence-electron chi connectivity index (χ3n) is 1.57. The molecule has 0 aliphatic rings. The molecule has 0 heterocycles. The van der Waals surface area contributed by atoms with Crippen LogP contribution in [0, 0.1) is 23.7 Å². The molecule has 1 N–H and O–H groups in total. The van der Waals surface area contributed by atoms with E-state index in [0.29, 0.717) is 5.92 Å². The Hall–Kier alpha value is -0.480. The predicted molar refractivity (Wildman–Crippen MR) is 43.5 cm³/mol. The predicted octanol–water partition coefficient (Wildman–Crippen LogP) is 1.66. The minimum absolute atomic E-state index is 0.102. The zero-order valence-electron chi connectivity index (χ0n) is 7.18. The van der Waals surface area contributed by atoms with E-state index in [1.807, 2.05) is 20.8 Å². The van der Waals surface area contributed by atoms with Gasteiger partial charge >= 0.3 is 0 Å². The molecule has 0 aliphatic carbocycles. The average molecular weight is 140 g/mol. The molecule has 1 heteroatoms. The van der Waals surface area contributed by atoms with Crippen molar-refractivity contribution in [3.8, 4) is 11.8 Å². The van der Waals surface area contributed by atoms with E-state index in [0.717, 1.165) is 0 Å². The van der Waals surface area contributed by atoms with Gasteiger partial charge in [0.15, 0.2) is 0 Å². The van der Waals surface area contributed by atoms with Crippen LogP contribution in [0.5, 0.6) is 0 Å². The third kappa shape index (κ3) is 2.89. The van der Waals surface area contributed by atoms with E-state index in [1.165, 1.54) is 0 Å². The number of aliphatic hydroxyl groups is 1. The number of rotatable bonds is 2. The van der Waals surface area contributed by atoms with Crippen molar-refractivity contribution in [1.82, 2.24) is 0 Å². The normalized spacial score (nSPS) is 15.8. The fraction of sp³-hybridized carbons (Fsp3) is 0.778. The van der Waals surface area contributed by atoms with Crippen LogP contribution in [-0.2, 0) is 0 Å². The highest BCUT2D eigenvalue weighted by molar-refractivity contribution is 5.02. The zero-order chi connectivity index (χ0) is 8.15. The number of hydrogen-bond donors (Lipinski definition) is 1. The summed E-state index contributed by atoms with van der Waals surface area (Å²) in [4.78, 5) is 0. The highest BCUT2D eigenvalue weighted by Crippen LogP contribution is 2.10. The van der Waals surface area contributed by atoms with E-state index in [4.69, 9.17) is 0 Å². The minimum atomic E-state index is -0.285. The molecule has 0 aromatic rings. The molecule has 10 heavy (non-hydrogen) atoms. The van der Waals surface area contributed by atoms with Crippen LogP contribution in [0.4, 0.5) is 0 Å². The largest absolute Gasteiger partial charge is 0.392 e. The molecule has 0 rings (SSSR count). The molecule has 0 aromatic heterocycles. The van der Waals surface area contributed by atoms with Crippen molar-refractivity contribution >= 4 is 0 Å². The van der Waals surface area contributed by atoms with Gasteiger partial charge in [0, 0.05) is 5.92 Å². The Labute approximate surface area is 63.5 Å². The number of aliphatic hydroxyl groups excluding tert-OH is 1. The van der Waals surface area contributed by atoms with Crippen molar-refractivity contribution in [3.63, 3.8) is 0 Å². The zero-order valence-corrected chi connectivity index (χ0v) is 7.18.